The summed E-state index contributed by atoms with van der Waals surface area (Å²) in [5, 5.41) is 2.85. The maximum atomic E-state index is 13.4. The molecule has 24 heavy (non-hydrogen) atoms. The lowest BCUT2D eigenvalue weighted by atomic mass is 10.1. The highest BCUT2D eigenvalue weighted by Gasteiger charge is 2.26. The molecule has 0 atom stereocenters. The Labute approximate surface area is 147 Å². The van der Waals surface area contributed by atoms with Gasteiger partial charge in [0.25, 0.3) is 5.91 Å². The quantitative estimate of drug-likeness (QED) is 0.840. The van der Waals surface area contributed by atoms with Crippen molar-refractivity contribution in [3.63, 3.8) is 0 Å². The lowest BCUT2D eigenvalue weighted by Crippen LogP contribution is -2.27. The van der Waals surface area contributed by atoms with E-state index in [1.54, 1.807) is 17.9 Å². The third kappa shape index (κ3) is 3.06. The van der Waals surface area contributed by atoms with E-state index in [-0.39, 0.29) is 17.6 Å². The SMILES string of the molecule is CC(=O)N1CCc2cc(Br)cc(NC(=O)c3ccc(F)c(C)c3)c21. The first kappa shape index (κ1) is 16.6. The van der Waals surface area contributed by atoms with E-state index in [0.29, 0.717) is 23.4 Å². The predicted molar refractivity (Wildman–Crippen MR) is 95.0 cm³/mol. The Morgan fingerprint density at radius 3 is 2.67 bits per heavy atom. The van der Waals surface area contributed by atoms with Gasteiger partial charge in [0.15, 0.2) is 0 Å². The fourth-order valence-corrected chi connectivity index (χ4v) is 3.40. The summed E-state index contributed by atoms with van der Waals surface area (Å²) in [5.74, 6) is -0.754. The number of carbonyl (C=O) groups excluding carboxylic acids is 2. The molecule has 1 aliphatic heterocycles. The van der Waals surface area contributed by atoms with Gasteiger partial charge in [0.1, 0.15) is 5.82 Å². The van der Waals surface area contributed by atoms with Crippen molar-refractivity contribution in [1.29, 1.82) is 0 Å². The van der Waals surface area contributed by atoms with E-state index >= 15 is 0 Å². The van der Waals surface area contributed by atoms with Gasteiger partial charge in [0.05, 0.1) is 11.4 Å². The number of benzene rings is 2. The highest BCUT2D eigenvalue weighted by Crippen LogP contribution is 2.38. The van der Waals surface area contributed by atoms with Gasteiger partial charge in [-0.15, -0.1) is 0 Å². The number of nitrogens with one attached hydrogen (secondary N) is 1. The number of carbonyl (C=O) groups is 2. The van der Waals surface area contributed by atoms with E-state index in [1.807, 2.05) is 6.07 Å². The van der Waals surface area contributed by atoms with E-state index in [4.69, 9.17) is 0 Å². The van der Waals surface area contributed by atoms with Crippen LogP contribution in [0, 0.1) is 12.7 Å². The largest absolute Gasteiger partial charge is 0.320 e. The van der Waals surface area contributed by atoms with Crippen LogP contribution in [-0.2, 0) is 11.2 Å². The standard InChI is InChI=1S/C18H16BrFN2O2/c1-10-7-13(3-4-15(10)20)18(24)21-16-9-14(19)8-12-5-6-22(11(2)23)17(12)16/h3-4,7-9H,5-6H2,1-2H3,(H,21,24). The number of aryl methyl sites for hydroxylation is 1. The highest BCUT2D eigenvalue weighted by atomic mass is 79.9. The van der Waals surface area contributed by atoms with Crippen molar-refractivity contribution in [2.45, 2.75) is 20.3 Å². The highest BCUT2D eigenvalue weighted by molar-refractivity contribution is 9.10. The molecule has 2 aromatic rings. The molecule has 1 N–H and O–H groups in total. The normalized spacial score (nSPS) is 12.9. The van der Waals surface area contributed by atoms with Crippen LogP contribution < -0.4 is 10.2 Å². The minimum absolute atomic E-state index is 0.0656. The third-order valence-electron chi connectivity index (χ3n) is 4.08. The van der Waals surface area contributed by atoms with Crippen molar-refractivity contribution in [2.24, 2.45) is 0 Å². The van der Waals surface area contributed by atoms with Gasteiger partial charge in [-0.1, -0.05) is 15.9 Å². The van der Waals surface area contributed by atoms with Gasteiger partial charge < -0.3 is 10.2 Å². The monoisotopic (exact) mass is 390 g/mol. The van der Waals surface area contributed by atoms with Crippen molar-refractivity contribution in [3.05, 3.63) is 57.3 Å². The zero-order valence-electron chi connectivity index (χ0n) is 13.3. The Bertz CT molecular complexity index is 851. The van der Waals surface area contributed by atoms with Crippen molar-refractivity contribution < 1.29 is 14.0 Å². The molecule has 0 fully saturated rings. The number of rotatable bonds is 2. The summed E-state index contributed by atoms with van der Waals surface area (Å²) in [6.07, 6.45) is 0.743. The molecular weight excluding hydrogens is 375 g/mol. The number of hydrogen-bond acceptors (Lipinski definition) is 2. The number of hydrogen-bond donors (Lipinski definition) is 1. The summed E-state index contributed by atoms with van der Waals surface area (Å²) in [6, 6.07) is 7.95. The Balaban J connectivity index is 1.97. The number of halogens is 2. The fraction of sp³-hybridized carbons (Fsp3) is 0.222. The summed E-state index contributed by atoms with van der Waals surface area (Å²) in [5.41, 5.74) is 3.09. The zero-order valence-corrected chi connectivity index (χ0v) is 14.9. The number of fused-ring (bicyclic) bond motifs is 1. The molecule has 3 rings (SSSR count). The van der Waals surface area contributed by atoms with Crippen LogP contribution in [0.25, 0.3) is 0 Å². The molecule has 4 nitrogen and oxygen atoms in total. The molecule has 1 aliphatic rings. The van der Waals surface area contributed by atoms with Gasteiger partial charge in [-0.05, 0) is 54.8 Å². The maximum Gasteiger partial charge on any atom is 0.255 e. The summed E-state index contributed by atoms with van der Waals surface area (Å²) >= 11 is 3.44. The van der Waals surface area contributed by atoms with E-state index in [9.17, 15) is 14.0 Å². The minimum atomic E-state index is -0.349. The van der Waals surface area contributed by atoms with Gasteiger partial charge in [-0.3, -0.25) is 9.59 Å². The van der Waals surface area contributed by atoms with Gasteiger partial charge >= 0.3 is 0 Å². The zero-order chi connectivity index (χ0) is 17.4. The van der Waals surface area contributed by atoms with E-state index in [0.717, 1.165) is 22.1 Å². The molecule has 0 aliphatic carbocycles. The van der Waals surface area contributed by atoms with Crippen LogP contribution in [0.15, 0.2) is 34.8 Å². The van der Waals surface area contributed by atoms with Crippen molar-refractivity contribution >= 4 is 39.1 Å². The van der Waals surface area contributed by atoms with Crippen molar-refractivity contribution in [3.8, 4) is 0 Å². The van der Waals surface area contributed by atoms with E-state index in [2.05, 4.69) is 21.2 Å². The fourth-order valence-electron chi connectivity index (χ4n) is 2.90. The Kier molecular flexibility index (Phi) is 4.41. The van der Waals surface area contributed by atoms with Crippen LogP contribution in [0.2, 0.25) is 0 Å². The van der Waals surface area contributed by atoms with Crippen LogP contribution in [0.3, 0.4) is 0 Å². The van der Waals surface area contributed by atoms with Crippen LogP contribution in [0.5, 0.6) is 0 Å². The molecule has 2 amide bonds. The molecule has 0 aromatic heterocycles. The summed E-state index contributed by atoms with van der Waals surface area (Å²) in [4.78, 5) is 26.0. The first-order valence-corrected chi connectivity index (χ1v) is 8.34. The molecule has 0 unspecified atom stereocenters. The van der Waals surface area contributed by atoms with Crippen LogP contribution in [0.1, 0.15) is 28.4 Å². The predicted octanol–water partition coefficient (Wildman–Crippen LogP) is 4.06. The molecule has 0 spiro atoms. The molecule has 0 bridgehead atoms. The number of amides is 2. The van der Waals surface area contributed by atoms with Crippen molar-refractivity contribution in [1.82, 2.24) is 0 Å². The lowest BCUT2D eigenvalue weighted by Gasteiger charge is -2.19. The van der Waals surface area contributed by atoms with Gasteiger partial charge in [0.2, 0.25) is 5.91 Å². The second-order valence-electron chi connectivity index (χ2n) is 5.80. The molecule has 0 radical (unpaired) electrons. The number of nitrogens with zero attached hydrogens (tertiary/aromatic N) is 1. The Morgan fingerprint density at radius 1 is 1.25 bits per heavy atom. The molecular formula is C18H16BrFN2O2. The third-order valence-corrected chi connectivity index (χ3v) is 4.53. The Morgan fingerprint density at radius 2 is 2.00 bits per heavy atom. The van der Waals surface area contributed by atoms with Gasteiger partial charge in [-0.2, -0.15) is 0 Å². The molecule has 0 saturated heterocycles. The lowest BCUT2D eigenvalue weighted by molar-refractivity contribution is -0.116. The van der Waals surface area contributed by atoms with Gasteiger partial charge in [0, 0.05) is 23.5 Å². The van der Waals surface area contributed by atoms with Crippen molar-refractivity contribution in [2.75, 3.05) is 16.8 Å². The topological polar surface area (TPSA) is 49.4 Å². The minimum Gasteiger partial charge on any atom is -0.320 e. The molecule has 124 valence electrons. The van der Waals surface area contributed by atoms with E-state index < -0.39 is 0 Å². The summed E-state index contributed by atoms with van der Waals surface area (Å²) in [6.45, 7) is 3.71. The van der Waals surface area contributed by atoms with Crippen LogP contribution in [-0.4, -0.2) is 18.4 Å². The van der Waals surface area contributed by atoms with E-state index in [1.165, 1.54) is 25.1 Å². The molecule has 1 heterocycles. The van der Waals surface area contributed by atoms with Crippen LogP contribution >= 0.6 is 15.9 Å². The average molecular weight is 391 g/mol. The first-order valence-electron chi connectivity index (χ1n) is 7.55. The average Bonchev–Trinajstić information content (AvgIpc) is 2.94. The second-order valence-corrected chi connectivity index (χ2v) is 6.72. The first-order chi connectivity index (χ1) is 11.4. The molecule has 2 aromatic carbocycles. The summed E-state index contributed by atoms with van der Waals surface area (Å²) in [7, 11) is 0. The summed E-state index contributed by atoms with van der Waals surface area (Å²) < 4.78 is 14.2. The second kappa shape index (κ2) is 6.36. The van der Waals surface area contributed by atoms with Gasteiger partial charge in [-0.25, -0.2) is 4.39 Å². The molecule has 0 saturated carbocycles. The smallest absolute Gasteiger partial charge is 0.255 e. The Hall–Kier alpha value is -2.21. The molecule has 6 heteroatoms. The maximum absolute atomic E-state index is 13.4. The number of anilines is 2. The van der Waals surface area contributed by atoms with Crippen LogP contribution in [0.4, 0.5) is 15.8 Å².